The normalized spacial score (nSPS) is 18.5. The van der Waals surface area contributed by atoms with Crippen LogP contribution in [0.15, 0.2) is 30.8 Å². The van der Waals surface area contributed by atoms with Crippen LogP contribution in [0.5, 0.6) is 11.6 Å². The van der Waals surface area contributed by atoms with E-state index >= 15 is 4.39 Å². The van der Waals surface area contributed by atoms with Gasteiger partial charge in [-0.25, -0.2) is 14.2 Å². The molecule has 2 saturated heterocycles. The highest BCUT2D eigenvalue weighted by Gasteiger charge is 2.46. The van der Waals surface area contributed by atoms with E-state index in [0.717, 1.165) is 0 Å². The summed E-state index contributed by atoms with van der Waals surface area (Å²) >= 11 is 7.48. The fourth-order valence-corrected chi connectivity index (χ4v) is 5.53. The third-order valence-corrected chi connectivity index (χ3v) is 7.69. The fourth-order valence-electron chi connectivity index (χ4n) is 4.46. The fraction of sp³-hybridized carbons (Fsp3) is 0.448. The van der Waals surface area contributed by atoms with E-state index in [9.17, 15) is 4.79 Å². The first-order valence-electron chi connectivity index (χ1n) is 13.3. The molecule has 0 N–H and O–H groups in total. The molecule has 4 heterocycles. The van der Waals surface area contributed by atoms with Gasteiger partial charge in [0.1, 0.15) is 39.2 Å². The van der Waals surface area contributed by atoms with Crippen LogP contribution < -0.4 is 9.47 Å². The van der Waals surface area contributed by atoms with E-state index in [1.165, 1.54) is 22.3 Å². The van der Waals surface area contributed by atoms with Crippen LogP contribution in [-0.2, 0) is 14.2 Å². The molecule has 0 aliphatic carbocycles. The molecule has 2 aliphatic rings. The highest BCUT2D eigenvalue weighted by atomic mass is 35.5. The third kappa shape index (κ3) is 6.67. The molecule has 2 aliphatic heterocycles. The minimum absolute atomic E-state index is 0.00132. The van der Waals surface area contributed by atoms with Crippen molar-refractivity contribution in [2.24, 2.45) is 0 Å². The van der Waals surface area contributed by atoms with E-state index in [2.05, 4.69) is 21.8 Å². The van der Waals surface area contributed by atoms with Crippen LogP contribution in [0.25, 0.3) is 27.2 Å². The molecule has 0 bridgehead atoms. The summed E-state index contributed by atoms with van der Waals surface area (Å²) in [7, 11) is 0. The Kier molecular flexibility index (Phi) is 8.44. The smallest absolute Gasteiger partial charge is 0.413 e. The number of benzene rings is 1. The van der Waals surface area contributed by atoms with Gasteiger partial charge < -0.3 is 23.7 Å². The van der Waals surface area contributed by atoms with Crippen LogP contribution in [-0.4, -0.2) is 76.1 Å². The summed E-state index contributed by atoms with van der Waals surface area (Å²) in [6, 6.07) is 5.80. The van der Waals surface area contributed by atoms with Gasteiger partial charge in [-0.1, -0.05) is 35.6 Å². The predicted molar refractivity (Wildman–Crippen MR) is 156 cm³/mol. The van der Waals surface area contributed by atoms with Gasteiger partial charge >= 0.3 is 6.09 Å². The first-order chi connectivity index (χ1) is 19.8. The molecule has 0 spiro atoms. The number of hydrogen-bond acceptors (Lipinski definition) is 10. The molecular weight excluding hydrogens is 587 g/mol. The summed E-state index contributed by atoms with van der Waals surface area (Å²) in [4.78, 5) is 18.6. The molecule has 1 aromatic carbocycles. The SMILES string of the molecule is C=Cc1cc(OC[C@H]2COC(C)(C)N2C(=O)OC(C)(C)C)c(F)cc1-c1nnc(-c2cc(Cl)nc(OC3COC3)c2)s1. The number of carbonyl (C=O) groups excluding carboxylic acids is 1. The van der Waals surface area contributed by atoms with Crippen molar-refractivity contribution in [2.75, 3.05) is 26.4 Å². The van der Waals surface area contributed by atoms with Crippen LogP contribution in [0, 0.1) is 5.82 Å². The zero-order valence-corrected chi connectivity index (χ0v) is 25.6. The molecule has 5 rings (SSSR count). The maximum absolute atomic E-state index is 15.4. The number of amides is 1. The molecule has 3 aromatic rings. The maximum Gasteiger partial charge on any atom is 0.413 e. The van der Waals surface area contributed by atoms with Gasteiger partial charge in [0, 0.05) is 17.2 Å². The van der Waals surface area contributed by atoms with E-state index in [-0.39, 0.29) is 30.2 Å². The lowest BCUT2D eigenvalue weighted by molar-refractivity contribution is -0.0813. The zero-order chi connectivity index (χ0) is 30.2. The molecule has 224 valence electrons. The van der Waals surface area contributed by atoms with Crippen molar-refractivity contribution < 1.29 is 32.9 Å². The van der Waals surface area contributed by atoms with Crippen LogP contribution in [0.3, 0.4) is 0 Å². The van der Waals surface area contributed by atoms with Gasteiger partial charge in [0.15, 0.2) is 11.6 Å². The quantitative estimate of drug-likeness (QED) is 0.272. The lowest BCUT2D eigenvalue weighted by Gasteiger charge is -2.35. The number of carbonyl (C=O) groups is 1. The molecule has 1 atom stereocenters. The highest BCUT2D eigenvalue weighted by Crippen LogP contribution is 2.37. The van der Waals surface area contributed by atoms with E-state index < -0.39 is 29.3 Å². The summed E-state index contributed by atoms with van der Waals surface area (Å²) < 4.78 is 43.5. The minimum Gasteiger partial charge on any atom is -0.488 e. The van der Waals surface area contributed by atoms with Gasteiger partial charge in [0.25, 0.3) is 0 Å². The van der Waals surface area contributed by atoms with Gasteiger partial charge in [-0.15, -0.1) is 10.2 Å². The van der Waals surface area contributed by atoms with Crippen molar-refractivity contribution in [3.05, 3.63) is 47.4 Å². The predicted octanol–water partition coefficient (Wildman–Crippen LogP) is 6.23. The van der Waals surface area contributed by atoms with Crippen LogP contribution in [0.4, 0.5) is 9.18 Å². The van der Waals surface area contributed by atoms with Gasteiger partial charge in [-0.05, 0) is 58.4 Å². The van der Waals surface area contributed by atoms with E-state index in [1.807, 2.05) is 0 Å². The molecule has 10 nitrogen and oxygen atoms in total. The monoisotopic (exact) mass is 618 g/mol. The summed E-state index contributed by atoms with van der Waals surface area (Å²) in [6.45, 7) is 14.0. The van der Waals surface area contributed by atoms with Crippen LogP contribution in [0.2, 0.25) is 5.15 Å². The number of halogens is 2. The average molecular weight is 619 g/mol. The second-order valence-electron chi connectivity index (χ2n) is 11.4. The Morgan fingerprint density at radius 1 is 1.21 bits per heavy atom. The maximum atomic E-state index is 15.4. The van der Waals surface area contributed by atoms with E-state index in [1.54, 1.807) is 58.9 Å². The summed E-state index contributed by atoms with van der Waals surface area (Å²) in [6.07, 6.45) is 0.994. The minimum atomic E-state index is -0.905. The van der Waals surface area contributed by atoms with Gasteiger partial charge in [-0.2, -0.15) is 0 Å². The molecule has 2 fully saturated rings. The Balaban J connectivity index is 1.33. The second kappa shape index (κ2) is 11.8. The van der Waals surface area contributed by atoms with Crippen molar-refractivity contribution in [1.82, 2.24) is 20.1 Å². The molecule has 2 aromatic heterocycles. The third-order valence-electron chi connectivity index (χ3n) is 6.49. The molecule has 0 radical (unpaired) electrons. The Bertz CT molecular complexity index is 1490. The first kappa shape index (κ1) is 30.1. The largest absolute Gasteiger partial charge is 0.488 e. The summed E-state index contributed by atoms with van der Waals surface area (Å²) in [5, 5.41) is 9.87. The van der Waals surface area contributed by atoms with Gasteiger partial charge in [0.2, 0.25) is 5.88 Å². The summed E-state index contributed by atoms with van der Waals surface area (Å²) in [5.74, 6) is -0.224. The number of aromatic nitrogens is 3. The van der Waals surface area contributed by atoms with Gasteiger partial charge in [-0.3, -0.25) is 4.90 Å². The number of pyridine rings is 1. The van der Waals surface area contributed by atoms with Gasteiger partial charge in [0.05, 0.1) is 25.9 Å². The molecule has 42 heavy (non-hydrogen) atoms. The lowest BCUT2D eigenvalue weighted by Crippen LogP contribution is -2.51. The molecular formula is C29H32ClFN4O6S. The highest BCUT2D eigenvalue weighted by molar-refractivity contribution is 7.18. The van der Waals surface area contributed by atoms with E-state index in [0.29, 0.717) is 45.8 Å². The van der Waals surface area contributed by atoms with Crippen LogP contribution >= 0.6 is 22.9 Å². The second-order valence-corrected chi connectivity index (χ2v) is 12.7. The Morgan fingerprint density at radius 2 is 1.95 bits per heavy atom. The molecule has 1 amide bonds. The first-order valence-corrected chi connectivity index (χ1v) is 14.5. The van der Waals surface area contributed by atoms with Crippen molar-refractivity contribution >= 4 is 35.1 Å². The number of rotatable bonds is 8. The molecule has 0 saturated carbocycles. The zero-order valence-electron chi connectivity index (χ0n) is 24.0. The number of hydrogen-bond donors (Lipinski definition) is 0. The number of nitrogens with zero attached hydrogens (tertiary/aromatic N) is 4. The molecule has 13 heteroatoms. The molecule has 0 unspecified atom stereocenters. The average Bonchev–Trinajstić information content (AvgIpc) is 3.48. The van der Waals surface area contributed by atoms with Crippen molar-refractivity contribution in [1.29, 1.82) is 0 Å². The van der Waals surface area contributed by atoms with Crippen molar-refractivity contribution in [3.8, 4) is 32.8 Å². The summed E-state index contributed by atoms with van der Waals surface area (Å²) in [5.41, 5.74) is 0.187. The standard InChI is InChI=1S/C29H32ClFN4O6S/c1-7-16-8-22(38-12-18-13-39-29(5,6)35(18)27(36)41-28(2,3)4)21(31)11-20(16)26-34-33-25(42-26)17-9-23(30)32-24(10-17)40-19-14-37-15-19/h7-11,18-19H,1,12-15H2,2-6H3/t18-/m0/s1. The Hall–Kier alpha value is -3.32. The number of ether oxygens (including phenoxy) is 5. The Morgan fingerprint density at radius 3 is 2.62 bits per heavy atom. The van der Waals surface area contributed by atoms with Crippen molar-refractivity contribution in [2.45, 2.75) is 58.1 Å². The Labute approximate surface area is 252 Å². The lowest BCUT2D eigenvalue weighted by atomic mass is 10.1. The van der Waals surface area contributed by atoms with E-state index in [4.69, 9.17) is 35.3 Å². The van der Waals surface area contributed by atoms with Crippen LogP contribution in [0.1, 0.15) is 40.2 Å². The topological polar surface area (TPSA) is 105 Å². The van der Waals surface area contributed by atoms with Crippen molar-refractivity contribution in [3.63, 3.8) is 0 Å².